The molecule has 296 valence electrons. The number of pyridine rings is 1. The summed E-state index contributed by atoms with van der Waals surface area (Å²) in [5.74, 6) is 0. The van der Waals surface area contributed by atoms with E-state index in [4.69, 9.17) is 21.5 Å². The minimum absolute atomic E-state index is 0.534. The van der Waals surface area contributed by atoms with Gasteiger partial charge in [0.2, 0.25) is 0 Å². The summed E-state index contributed by atoms with van der Waals surface area (Å²) >= 11 is 0. The van der Waals surface area contributed by atoms with E-state index >= 15 is 0 Å². The van der Waals surface area contributed by atoms with Crippen molar-refractivity contribution in [1.29, 1.82) is 5.26 Å². The average molecular weight is 816 g/mol. The second-order valence-corrected chi connectivity index (χ2v) is 15.8. The third-order valence-corrected chi connectivity index (χ3v) is 12.2. The number of hydrogen-bond donors (Lipinski definition) is 0. The molecule has 0 radical (unpaired) electrons. The van der Waals surface area contributed by atoms with Crippen LogP contribution in [0.3, 0.4) is 0 Å². The molecule has 4 aromatic heterocycles. The Morgan fingerprint density at radius 1 is 0.438 bits per heavy atom. The first-order valence-corrected chi connectivity index (χ1v) is 21.0. The van der Waals surface area contributed by atoms with E-state index in [1.165, 1.54) is 21.5 Å². The lowest BCUT2D eigenvalue weighted by Gasteiger charge is -2.17. The van der Waals surface area contributed by atoms with Gasteiger partial charge in [0.25, 0.3) is 0 Å². The number of fused-ring (bicyclic) bond motifs is 7. The summed E-state index contributed by atoms with van der Waals surface area (Å²) in [5, 5.41) is 14.5. The number of nitrogens with zero attached hydrogens (tertiary/aromatic N) is 7. The van der Waals surface area contributed by atoms with E-state index in [0.717, 1.165) is 61.3 Å². The topological polar surface area (TPSA) is 76.7 Å². The summed E-state index contributed by atoms with van der Waals surface area (Å²) < 4.78 is 4.63. The highest BCUT2D eigenvalue weighted by molar-refractivity contribution is 6.10. The highest BCUT2D eigenvalue weighted by Crippen LogP contribution is 2.41. The van der Waals surface area contributed by atoms with E-state index < -0.39 is 0 Å². The molecule has 7 nitrogen and oxygen atoms in total. The number of benzene rings is 8. The molecule has 0 saturated heterocycles. The van der Waals surface area contributed by atoms with Crippen LogP contribution in [0.2, 0.25) is 0 Å². The van der Waals surface area contributed by atoms with Gasteiger partial charge in [-0.05, 0) is 71.8 Å². The molecule has 0 fully saturated rings. The summed E-state index contributed by atoms with van der Waals surface area (Å²) in [7, 11) is 0. The maximum atomic E-state index is 9.70. The zero-order valence-electron chi connectivity index (χ0n) is 34.2. The molecule has 7 heteroatoms. The van der Waals surface area contributed by atoms with Gasteiger partial charge in [0.15, 0.2) is 5.69 Å². The number of nitriles is 1. The fraction of sp³-hybridized carbons (Fsp3) is 0. The van der Waals surface area contributed by atoms with Gasteiger partial charge in [-0.25, -0.2) is 14.8 Å². The molecule has 0 amide bonds. The summed E-state index contributed by atoms with van der Waals surface area (Å²) in [6.45, 7) is 7.63. The van der Waals surface area contributed by atoms with Crippen molar-refractivity contribution in [1.82, 2.24) is 24.1 Å². The monoisotopic (exact) mass is 815 g/mol. The molecule has 0 atom stereocenters. The van der Waals surface area contributed by atoms with Crippen molar-refractivity contribution < 1.29 is 0 Å². The number of hydrogen-bond acceptors (Lipinski definition) is 4. The van der Waals surface area contributed by atoms with E-state index in [9.17, 15) is 5.26 Å². The van der Waals surface area contributed by atoms with Gasteiger partial charge < -0.3 is 9.13 Å². The van der Waals surface area contributed by atoms with Gasteiger partial charge in [0, 0.05) is 55.8 Å². The molecule has 12 aromatic rings. The molecule has 12 rings (SSSR count). The zero-order chi connectivity index (χ0) is 42.7. The Balaban J connectivity index is 1.12. The van der Waals surface area contributed by atoms with Gasteiger partial charge >= 0.3 is 0 Å². The predicted octanol–water partition coefficient (Wildman–Crippen LogP) is 14.3. The van der Waals surface area contributed by atoms with E-state index in [1.807, 2.05) is 42.6 Å². The number of para-hydroxylation sites is 4. The quantitative estimate of drug-likeness (QED) is 0.157. The fourth-order valence-corrected chi connectivity index (χ4v) is 9.27. The summed E-state index contributed by atoms with van der Waals surface area (Å²) in [6.07, 6.45) is 1.93. The molecule has 0 saturated carbocycles. The molecule has 4 heterocycles. The second-order valence-electron chi connectivity index (χ2n) is 15.8. The maximum absolute atomic E-state index is 9.70. The average Bonchev–Trinajstić information content (AvgIpc) is 3.89. The van der Waals surface area contributed by atoms with Crippen LogP contribution in [-0.4, -0.2) is 24.1 Å². The van der Waals surface area contributed by atoms with Gasteiger partial charge in [-0.15, -0.1) is 0 Å². The second kappa shape index (κ2) is 14.8. The van der Waals surface area contributed by atoms with Crippen LogP contribution in [0.25, 0.3) is 116 Å². The fourth-order valence-electron chi connectivity index (χ4n) is 9.27. The summed E-state index contributed by atoms with van der Waals surface area (Å²) in [5.41, 5.74) is 15.2. The van der Waals surface area contributed by atoms with Gasteiger partial charge in [0.05, 0.1) is 57.4 Å². The molecular weight excluding hydrogens is 783 g/mol. The Morgan fingerprint density at radius 3 is 1.39 bits per heavy atom. The summed E-state index contributed by atoms with van der Waals surface area (Å²) in [4.78, 5) is 20.1. The van der Waals surface area contributed by atoms with E-state index in [1.54, 1.807) is 12.1 Å². The maximum Gasteiger partial charge on any atom is 0.187 e. The Kier molecular flexibility index (Phi) is 8.47. The molecule has 0 aliphatic rings. The van der Waals surface area contributed by atoms with Crippen LogP contribution >= 0.6 is 0 Å². The van der Waals surface area contributed by atoms with Gasteiger partial charge in [-0.2, -0.15) is 5.26 Å². The lowest BCUT2D eigenvalue weighted by Crippen LogP contribution is -2.01. The van der Waals surface area contributed by atoms with Crippen molar-refractivity contribution in [3.05, 3.63) is 217 Å². The molecule has 0 N–H and O–H groups in total. The van der Waals surface area contributed by atoms with Crippen molar-refractivity contribution in [3.8, 4) is 62.3 Å². The molecule has 8 aromatic carbocycles. The van der Waals surface area contributed by atoms with Crippen LogP contribution in [0.4, 0.5) is 5.69 Å². The summed E-state index contributed by atoms with van der Waals surface area (Å²) in [6, 6.07) is 68.3. The van der Waals surface area contributed by atoms with Crippen molar-refractivity contribution in [2.75, 3.05) is 0 Å². The van der Waals surface area contributed by atoms with Crippen LogP contribution in [0.1, 0.15) is 5.56 Å². The predicted molar refractivity (Wildman–Crippen MR) is 259 cm³/mol. The Morgan fingerprint density at radius 2 is 0.891 bits per heavy atom. The van der Waals surface area contributed by atoms with E-state index in [0.29, 0.717) is 39.4 Å². The minimum Gasteiger partial charge on any atom is -0.309 e. The Bertz CT molecular complexity index is 3550. The van der Waals surface area contributed by atoms with Crippen molar-refractivity contribution in [2.45, 2.75) is 0 Å². The Labute approximate surface area is 367 Å². The smallest absolute Gasteiger partial charge is 0.187 e. The normalized spacial score (nSPS) is 11.4. The number of aromatic nitrogens is 5. The van der Waals surface area contributed by atoms with E-state index in [-0.39, 0.29) is 0 Å². The molecular formula is C57H33N7. The van der Waals surface area contributed by atoms with Crippen molar-refractivity contribution in [3.63, 3.8) is 0 Å². The molecule has 64 heavy (non-hydrogen) atoms. The first-order chi connectivity index (χ1) is 31.6. The molecule has 0 spiro atoms. The SMILES string of the molecule is [C-]#[N+]c1ccc(-c2nc3c(-c4cccc(-n5c6ccccc6c6ccccc65)c4)ncc(-c4cccc(-n5c6ccccc6c6ccccc65)c4)c3nc2-c2ccc(C#N)cc2)cc1. The molecule has 0 aliphatic carbocycles. The highest BCUT2D eigenvalue weighted by atomic mass is 15.0. The molecule has 0 aliphatic heterocycles. The number of rotatable bonds is 6. The third kappa shape index (κ3) is 5.84. The Hall–Kier alpha value is -9.17. The van der Waals surface area contributed by atoms with E-state index in [2.05, 4.69) is 166 Å². The largest absolute Gasteiger partial charge is 0.309 e. The van der Waals surface area contributed by atoms with Gasteiger partial charge in [0.1, 0.15) is 11.0 Å². The highest BCUT2D eigenvalue weighted by Gasteiger charge is 2.22. The minimum atomic E-state index is 0.534. The molecule has 0 unspecified atom stereocenters. The van der Waals surface area contributed by atoms with Crippen molar-refractivity contribution >= 4 is 60.3 Å². The van der Waals surface area contributed by atoms with Crippen LogP contribution in [0.5, 0.6) is 0 Å². The van der Waals surface area contributed by atoms with Crippen LogP contribution < -0.4 is 0 Å². The van der Waals surface area contributed by atoms with Gasteiger partial charge in [-0.1, -0.05) is 133 Å². The van der Waals surface area contributed by atoms with Crippen LogP contribution in [0, 0.1) is 17.9 Å². The first-order valence-electron chi connectivity index (χ1n) is 21.0. The zero-order valence-corrected chi connectivity index (χ0v) is 34.2. The molecule has 0 bridgehead atoms. The van der Waals surface area contributed by atoms with Crippen LogP contribution in [0.15, 0.2) is 200 Å². The van der Waals surface area contributed by atoms with Crippen LogP contribution in [-0.2, 0) is 0 Å². The standard InChI is InChI=1S/C57H33N7/c1-59-41-30-28-38(29-31-41)55-54(37-26-24-36(34-58)25-27-37)61-56-48(39-12-10-14-42(32-39)63-49-20-6-2-16-44(49)45-17-3-7-21-50(45)63)35-60-53(57(56)62-55)40-13-11-15-43(33-40)64-51-22-8-4-18-46(51)47-19-5-9-23-52(47)64/h2-33,35H. The van der Waals surface area contributed by atoms with Gasteiger partial charge in [-0.3, -0.25) is 4.98 Å². The first kappa shape index (κ1) is 36.7. The van der Waals surface area contributed by atoms with Crippen molar-refractivity contribution in [2.24, 2.45) is 0 Å². The third-order valence-electron chi connectivity index (χ3n) is 12.2. The lowest BCUT2D eigenvalue weighted by atomic mass is 9.99. The lowest BCUT2D eigenvalue weighted by molar-refractivity contribution is 1.18.